The van der Waals surface area contributed by atoms with Gasteiger partial charge in [-0.3, -0.25) is 0 Å². The molecule has 1 aromatic heterocycles. The molecule has 0 saturated heterocycles. The fraction of sp³-hybridized carbons (Fsp3) is 0.211. The molecule has 0 fully saturated rings. The van der Waals surface area contributed by atoms with Gasteiger partial charge in [0.1, 0.15) is 5.75 Å². The summed E-state index contributed by atoms with van der Waals surface area (Å²) in [5.41, 5.74) is 2.73. The Morgan fingerprint density at radius 3 is 2.54 bits per heavy atom. The number of hydrogen-bond acceptors (Lipinski definition) is 5. The fourth-order valence-electron chi connectivity index (χ4n) is 2.68. The Bertz CT molecular complexity index is 1010. The molecular formula is C19H20N2O4S. The molecule has 7 heteroatoms. The van der Waals surface area contributed by atoms with Crippen LogP contribution < -0.4 is 9.46 Å². The Labute approximate surface area is 152 Å². The predicted molar refractivity (Wildman–Crippen MR) is 99.8 cm³/mol. The molecule has 0 radical (unpaired) electrons. The van der Waals surface area contributed by atoms with Crippen LogP contribution in [0, 0.1) is 13.8 Å². The summed E-state index contributed by atoms with van der Waals surface area (Å²) in [6, 6.07) is 12.6. The molecule has 1 N–H and O–H groups in total. The third-order valence-corrected chi connectivity index (χ3v) is 5.42. The predicted octanol–water partition coefficient (Wildman–Crippen LogP) is 4.16. The molecule has 0 spiro atoms. The van der Waals surface area contributed by atoms with Crippen molar-refractivity contribution in [2.45, 2.75) is 25.7 Å². The van der Waals surface area contributed by atoms with Gasteiger partial charge in [0.15, 0.2) is 0 Å². The van der Waals surface area contributed by atoms with Crippen molar-refractivity contribution in [2.24, 2.45) is 0 Å². The first-order valence-corrected chi connectivity index (χ1v) is 9.67. The van der Waals surface area contributed by atoms with E-state index in [0.717, 1.165) is 11.1 Å². The standard InChI is InChI=1S/C19H20N2O4S/c1-4-24-17-10-14(3)18(11-13(17)2)26(22,23)21-19-16(12-20-25-19)15-8-6-5-7-9-15/h5-12,21H,4H2,1-3H3. The number of aryl methyl sites for hydroxylation is 2. The van der Waals surface area contributed by atoms with Gasteiger partial charge in [-0.15, -0.1) is 0 Å². The van der Waals surface area contributed by atoms with Crippen LogP contribution in [0.4, 0.5) is 5.88 Å². The van der Waals surface area contributed by atoms with Crippen molar-refractivity contribution in [3.8, 4) is 16.9 Å². The van der Waals surface area contributed by atoms with E-state index in [-0.39, 0.29) is 10.8 Å². The first-order valence-electron chi connectivity index (χ1n) is 8.19. The molecule has 0 atom stereocenters. The van der Waals surface area contributed by atoms with Gasteiger partial charge in [-0.2, -0.15) is 0 Å². The summed E-state index contributed by atoms with van der Waals surface area (Å²) >= 11 is 0. The summed E-state index contributed by atoms with van der Waals surface area (Å²) in [4.78, 5) is 0.175. The van der Waals surface area contributed by atoms with Crippen molar-refractivity contribution in [3.05, 3.63) is 59.8 Å². The van der Waals surface area contributed by atoms with E-state index in [1.807, 2.05) is 44.2 Å². The van der Waals surface area contributed by atoms with Gasteiger partial charge in [0.25, 0.3) is 10.0 Å². The molecule has 0 amide bonds. The maximum Gasteiger partial charge on any atom is 0.264 e. The van der Waals surface area contributed by atoms with Crippen molar-refractivity contribution >= 4 is 15.9 Å². The van der Waals surface area contributed by atoms with Crippen LogP contribution in [-0.4, -0.2) is 20.2 Å². The van der Waals surface area contributed by atoms with Gasteiger partial charge in [-0.05, 0) is 49.6 Å². The summed E-state index contributed by atoms with van der Waals surface area (Å²) in [5.74, 6) is 0.760. The van der Waals surface area contributed by atoms with Gasteiger partial charge in [0, 0.05) is 0 Å². The highest BCUT2D eigenvalue weighted by Gasteiger charge is 2.23. The molecule has 0 aliphatic carbocycles. The molecule has 6 nitrogen and oxygen atoms in total. The highest BCUT2D eigenvalue weighted by atomic mass is 32.2. The van der Waals surface area contributed by atoms with Crippen LogP contribution in [0.25, 0.3) is 11.1 Å². The van der Waals surface area contributed by atoms with Crippen molar-refractivity contribution in [3.63, 3.8) is 0 Å². The zero-order valence-electron chi connectivity index (χ0n) is 14.8. The van der Waals surface area contributed by atoms with E-state index in [9.17, 15) is 8.42 Å². The Balaban J connectivity index is 1.97. The quantitative estimate of drug-likeness (QED) is 0.703. The Morgan fingerprint density at radius 2 is 1.85 bits per heavy atom. The van der Waals surface area contributed by atoms with Crippen molar-refractivity contribution < 1.29 is 17.7 Å². The van der Waals surface area contributed by atoms with E-state index in [0.29, 0.717) is 23.5 Å². The summed E-state index contributed by atoms with van der Waals surface area (Å²) in [7, 11) is -3.84. The normalized spacial score (nSPS) is 11.3. The third kappa shape index (κ3) is 3.57. The van der Waals surface area contributed by atoms with E-state index in [4.69, 9.17) is 9.26 Å². The highest BCUT2D eigenvalue weighted by Crippen LogP contribution is 2.31. The zero-order valence-corrected chi connectivity index (χ0v) is 15.6. The van der Waals surface area contributed by atoms with Crippen LogP contribution >= 0.6 is 0 Å². The average Bonchev–Trinajstić information content (AvgIpc) is 3.06. The summed E-state index contributed by atoms with van der Waals surface area (Å²) in [6.45, 7) is 5.95. The average molecular weight is 372 g/mol. The zero-order chi connectivity index (χ0) is 18.7. The fourth-order valence-corrected chi connectivity index (χ4v) is 3.99. The summed E-state index contributed by atoms with van der Waals surface area (Å²) in [6.07, 6.45) is 1.49. The van der Waals surface area contributed by atoms with E-state index in [1.165, 1.54) is 6.20 Å². The topological polar surface area (TPSA) is 81.4 Å². The number of sulfonamides is 1. The second-order valence-electron chi connectivity index (χ2n) is 5.86. The molecule has 0 aliphatic heterocycles. The van der Waals surface area contributed by atoms with Crippen molar-refractivity contribution in [2.75, 3.05) is 11.3 Å². The number of ether oxygens (including phenoxy) is 1. The lowest BCUT2D eigenvalue weighted by Gasteiger charge is -2.13. The van der Waals surface area contributed by atoms with Crippen LogP contribution in [-0.2, 0) is 10.0 Å². The Morgan fingerprint density at radius 1 is 1.12 bits per heavy atom. The number of nitrogens with one attached hydrogen (secondary N) is 1. The Hall–Kier alpha value is -2.80. The molecule has 1 heterocycles. The van der Waals surface area contributed by atoms with Gasteiger partial charge < -0.3 is 9.26 Å². The first-order chi connectivity index (χ1) is 12.4. The minimum Gasteiger partial charge on any atom is -0.494 e. The number of anilines is 1. The van der Waals surface area contributed by atoms with E-state index in [2.05, 4.69) is 9.88 Å². The lowest BCUT2D eigenvalue weighted by Crippen LogP contribution is -2.15. The SMILES string of the molecule is CCOc1cc(C)c(S(=O)(=O)Nc2oncc2-c2ccccc2)cc1C. The lowest BCUT2D eigenvalue weighted by atomic mass is 10.1. The summed E-state index contributed by atoms with van der Waals surface area (Å²) in [5, 5.41) is 3.73. The molecule has 0 aliphatic rings. The number of benzene rings is 2. The van der Waals surface area contributed by atoms with E-state index in [1.54, 1.807) is 19.1 Å². The van der Waals surface area contributed by atoms with Crippen LogP contribution in [0.1, 0.15) is 18.1 Å². The molecular weight excluding hydrogens is 352 g/mol. The summed E-state index contributed by atoms with van der Waals surface area (Å²) < 4.78 is 38.9. The highest BCUT2D eigenvalue weighted by molar-refractivity contribution is 7.92. The van der Waals surface area contributed by atoms with Gasteiger partial charge in [-0.1, -0.05) is 35.5 Å². The smallest absolute Gasteiger partial charge is 0.264 e. The van der Waals surface area contributed by atoms with Crippen molar-refractivity contribution in [1.29, 1.82) is 0 Å². The molecule has 0 saturated carbocycles. The monoisotopic (exact) mass is 372 g/mol. The third-order valence-electron chi connectivity index (χ3n) is 3.94. The number of hydrogen-bond donors (Lipinski definition) is 1. The Kier molecular flexibility index (Phi) is 4.99. The molecule has 0 bridgehead atoms. The van der Waals surface area contributed by atoms with Gasteiger partial charge in [-0.25, -0.2) is 13.1 Å². The first kappa shape index (κ1) is 18.0. The minimum atomic E-state index is -3.84. The molecule has 3 rings (SSSR count). The molecule has 3 aromatic rings. The minimum absolute atomic E-state index is 0.0853. The van der Waals surface area contributed by atoms with Gasteiger partial charge in [0.05, 0.1) is 23.3 Å². The van der Waals surface area contributed by atoms with E-state index < -0.39 is 10.0 Å². The number of nitrogens with zero attached hydrogens (tertiary/aromatic N) is 1. The second kappa shape index (κ2) is 7.21. The molecule has 0 unspecified atom stereocenters. The molecule has 26 heavy (non-hydrogen) atoms. The largest absolute Gasteiger partial charge is 0.494 e. The lowest BCUT2D eigenvalue weighted by molar-refractivity contribution is 0.337. The molecule has 136 valence electrons. The van der Waals surface area contributed by atoms with E-state index >= 15 is 0 Å². The maximum absolute atomic E-state index is 12.9. The molecule has 2 aromatic carbocycles. The maximum atomic E-state index is 12.9. The van der Waals surface area contributed by atoms with Gasteiger partial charge >= 0.3 is 0 Å². The number of rotatable bonds is 6. The van der Waals surface area contributed by atoms with Crippen LogP contribution in [0.5, 0.6) is 5.75 Å². The van der Waals surface area contributed by atoms with Crippen LogP contribution in [0.3, 0.4) is 0 Å². The van der Waals surface area contributed by atoms with Crippen molar-refractivity contribution in [1.82, 2.24) is 5.16 Å². The second-order valence-corrected chi connectivity index (χ2v) is 7.51. The van der Waals surface area contributed by atoms with Crippen LogP contribution in [0.2, 0.25) is 0 Å². The van der Waals surface area contributed by atoms with Gasteiger partial charge in [0.2, 0.25) is 5.88 Å². The number of aromatic nitrogens is 1. The van der Waals surface area contributed by atoms with Crippen LogP contribution in [0.15, 0.2) is 58.1 Å².